The van der Waals surface area contributed by atoms with Gasteiger partial charge in [0.15, 0.2) is 5.71 Å². The Balaban J connectivity index is 2.29. The smallest absolute Gasteiger partial charge is 0.273 e. The van der Waals surface area contributed by atoms with E-state index in [4.69, 9.17) is 9.57 Å². The molecule has 0 aliphatic heterocycles. The van der Waals surface area contributed by atoms with Gasteiger partial charge in [0.25, 0.3) is 5.91 Å². The molecule has 0 aromatic heterocycles. The minimum Gasteiger partial charge on any atom is -0.489 e. The van der Waals surface area contributed by atoms with Crippen molar-refractivity contribution in [2.45, 2.75) is 27.4 Å². The van der Waals surface area contributed by atoms with E-state index < -0.39 is 0 Å². The molecule has 0 atom stereocenters. The van der Waals surface area contributed by atoms with Crippen molar-refractivity contribution in [3.05, 3.63) is 64.7 Å². The number of carbonyl (C=O) groups excluding carboxylic acids is 1. The van der Waals surface area contributed by atoms with Gasteiger partial charge in [0, 0.05) is 12.1 Å². The molecule has 0 saturated carbocycles. The summed E-state index contributed by atoms with van der Waals surface area (Å²) >= 11 is 0. The molecule has 0 spiro atoms. The van der Waals surface area contributed by atoms with Crippen LogP contribution >= 0.6 is 0 Å². The fourth-order valence-electron chi connectivity index (χ4n) is 2.46. The summed E-state index contributed by atoms with van der Waals surface area (Å²) in [5, 5.41) is 6.67. The van der Waals surface area contributed by atoms with Crippen molar-refractivity contribution in [3.63, 3.8) is 0 Å². The first-order valence-electron chi connectivity index (χ1n) is 8.25. The van der Waals surface area contributed by atoms with Gasteiger partial charge in [-0.25, -0.2) is 0 Å². The molecule has 0 radical (unpaired) electrons. The van der Waals surface area contributed by atoms with E-state index in [1.807, 2.05) is 50.2 Å². The number of carbonyl (C=O) groups is 1. The van der Waals surface area contributed by atoms with Crippen molar-refractivity contribution in [3.8, 4) is 5.75 Å². The average molecular weight is 340 g/mol. The molecule has 0 heterocycles. The lowest BCUT2D eigenvalue weighted by molar-refractivity contribution is -0.114. The number of nitrogens with one attached hydrogen (secondary N) is 1. The molecule has 132 valence electrons. The summed E-state index contributed by atoms with van der Waals surface area (Å²) in [6.07, 6.45) is 0. The van der Waals surface area contributed by atoms with Gasteiger partial charge in [-0.3, -0.25) is 4.79 Å². The van der Waals surface area contributed by atoms with Crippen LogP contribution in [-0.4, -0.2) is 25.3 Å². The normalized spacial score (nSPS) is 11.1. The van der Waals surface area contributed by atoms with Gasteiger partial charge < -0.3 is 14.9 Å². The minimum absolute atomic E-state index is 0.240. The predicted molar refractivity (Wildman–Crippen MR) is 98.9 cm³/mol. The van der Waals surface area contributed by atoms with E-state index in [2.05, 4.69) is 23.5 Å². The number of likely N-dealkylation sites (N-methyl/N-ethyl adjacent to an activating group) is 1. The molecule has 5 nitrogen and oxygen atoms in total. The topological polar surface area (TPSA) is 59.9 Å². The van der Waals surface area contributed by atoms with Crippen molar-refractivity contribution in [1.82, 2.24) is 5.32 Å². The molecule has 1 amide bonds. The van der Waals surface area contributed by atoms with Gasteiger partial charge in [0.2, 0.25) is 0 Å². The first kappa shape index (κ1) is 18.5. The molecule has 0 saturated heterocycles. The quantitative estimate of drug-likeness (QED) is 0.621. The zero-order valence-corrected chi connectivity index (χ0v) is 15.1. The highest BCUT2D eigenvalue weighted by Crippen LogP contribution is 2.22. The molecule has 5 heteroatoms. The summed E-state index contributed by atoms with van der Waals surface area (Å²) in [6, 6.07) is 13.5. The Kier molecular flexibility index (Phi) is 6.57. The molecule has 0 bridgehead atoms. The number of nitrogens with zero attached hydrogens (tertiary/aromatic N) is 1. The maximum atomic E-state index is 12.3. The summed E-state index contributed by atoms with van der Waals surface area (Å²) in [6.45, 7) is 6.79. The molecular formula is C20H24N2O3. The Morgan fingerprint density at radius 2 is 1.88 bits per heavy atom. The SMILES string of the molecule is CCNC(=O)/C(=N\OC)c1ccccc1COc1cccc(C)c1C. The number of hydrogen-bond acceptors (Lipinski definition) is 4. The lowest BCUT2D eigenvalue weighted by Gasteiger charge is -2.14. The summed E-state index contributed by atoms with van der Waals surface area (Å²) in [4.78, 5) is 17.2. The van der Waals surface area contributed by atoms with Crippen molar-refractivity contribution >= 4 is 11.6 Å². The minimum atomic E-state index is -0.275. The third-order valence-electron chi connectivity index (χ3n) is 3.95. The summed E-state index contributed by atoms with van der Waals surface area (Å²) in [5.74, 6) is 0.557. The molecule has 2 aromatic carbocycles. The van der Waals surface area contributed by atoms with Crippen LogP contribution in [0.2, 0.25) is 0 Å². The number of benzene rings is 2. The Morgan fingerprint density at radius 1 is 1.12 bits per heavy atom. The fourth-order valence-corrected chi connectivity index (χ4v) is 2.46. The zero-order chi connectivity index (χ0) is 18.2. The monoisotopic (exact) mass is 340 g/mol. The lowest BCUT2D eigenvalue weighted by Crippen LogP contribution is -2.32. The van der Waals surface area contributed by atoms with Gasteiger partial charge in [0.1, 0.15) is 19.5 Å². The van der Waals surface area contributed by atoms with Crippen LogP contribution in [0.4, 0.5) is 0 Å². The van der Waals surface area contributed by atoms with Gasteiger partial charge in [-0.2, -0.15) is 0 Å². The highest BCUT2D eigenvalue weighted by molar-refractivity contribution is 6.45. The van der Waals surface area contributed by atoms with Crippen LogP contribution in [0.5, 0.6) is 5.75 Å². The second-order valence-corrected chi connectivity index (χ2v) is 5.63. The van der Waals surface area contributed by atoms with Crippen LogP contribution < -0.4 is 10.1 Å². The number of ether oxygens (including phenoxy) is 1. The Hall–Kier alpha value is -2.82. The second kappa shape index (κ2) is 8.87. The molecule has 2 aromatic rings. The highest BCUT2D eigenvalue weighted by atomic mass is 16.6. The Labute approximate surface area is 148 Å². The van der Waals surface area contributed by atoms with Crippen LogP contribution in [0.3, 0.4) is 0 Å². The third kappa shape index (κ3) is 4.59. The van der Waals surface area contributed by atoms with Crippen molar-refractivity contribution < 1.29 is 14.4 Å². The maximum Gasteiger partial charge on any atom is 0.273 e. The van der Waals surface area contributed by atoms with E-state index >= 15 is 0 Å². The van der Waals surface area contributed by atoms with Gasteiger partial charge in [-0.1, -0.05) is 41.6 Å². The number of aryl methyl sites for hydroxylation is 1. The Bertz CT molecular complexity index is 769. The van der Waals surface area contributed by atoms with Gasteiger partial charge in [-0.15, -0.1) is 0 Å². The summed E-state index contributed by atoms with van der Waals surface area (Å²) < 4.78 is 5.98. The molecule has 1 N–H and O–H groups in total. The number of amides is 1. The predicted octanol–water partition coefficient (Wildman–Crippen LogP) is 3.37. The van der Waals surface area contributed by atoms with E-state index in [9.17, 15) is 4.79 Å². The maximum absolute atomic E-state index is 12.3. The Morgan fingerprint density at radius 3 is 2.60 bits per heavy atom. The molecule has 0 aliphatic carbocycles. The standard InChI is InChI=1S/C20H24N2O3/c1-5-21-20(23)19(22-24-4)17-11-7-6-10-16(17)13-25-18-12-8-9-14(2)15(18)3/h6-12H,5,13H2,1-4H3,(H,21,23)/b22-19-. The number of hydrogen-bond donors (Lipinski definition) is 1. The lowest BCUT2D eigenvalue weighted by atomic mass is 10.0. The van der Waals surface area contributed by atoms with E-state index in [0.717, 1.165) is 16.9 Å². The molecule has 2 rings (SSSR count). The molecule has 0 aliphatic rings. The molecular weight excluding hydrogens is 316 g/mol. The summed E-state index contributed by atoms with van der Waals surface area (Å²) in [7, 11) is 1.43. The van der Waals surface area contributed by atoms with Crippen LogP contribution in [-0.2, 0) is 16.2 Å². The van der Waals surface area contributed by atoms with Gasteiger partial charge in [-0.05, 0) is 43.5 Å². The zero-order valence-electron chi connectivity index (χ0n) is 15.1. The van der Waals surface area contributed by atoms with Crippen LogP contribution in [0.15, 0.2) is 47.6 Å². The number of oxime groups is 1. The first-order chi connectivity index (χ1) is 12.1. The van der Waals surface area contributed by atoms with Gasteiger partial charge >= 0.3 is 0 Å². The highest BCUT2D eigenvalue weighted by Gasteiger charge is 2.18. The molecule has 0 unspecified atom stereocenters. The first-order valence-corrected chi connectivity index (χ1v) is 8.25. The second-order valence-electron chi connectivity index (χ2n) is 5.63. The average Bonchev–Trinajstić information content (AvgIpc) is 2.61. The fraction of sp³-hybridized carbons (Fsp3) is 0.300. The van der Waals surface area contributed by atoms with E-state index in [1.54, 1.807) is 0 Å². The number of rotatable bonds is 7. The third-order valence-corrected chi connectivity index (χ3v) is 3.95. The molecule has 25 heavy (non-hydrogen) atoms. The van der Waals surface area contributed by atoms with E-state index in [0.29, 0.717) is 18.7 Å². The van der Waals surface area contributed by atoms with Crippen molar-refractivity contribution in [1.29, 1.82) is 0 Å². The van der Waals surface area contributed by atoms with Crippen molar-refractivity contribution in [2.24, 2.45) is 5.16 Å². The van der Waals surface area contributed by atoms with Crippen molar-refractivity contribution in [2.75, 3.05) is 13.7 Å². The van der Waals surface area contributed by atoms with E-state index in [1.165, 1.54) is 12.7 Å². The van der Waals surface area contributed by atoms with Crippen LogP contribution in [0.25, 0.3) is 0 Å². The summed E-state index contributed by atoms with van der Waals surface area (Å²) in [5.41, 5.74) is 4.08. The van der Waals surface area contributed by atoms with Crippen LogP contribution in [0, 0.1) is 13.8 Å². The largest absolute Gasteiger partial charge is 0.489 e. The van der Waals surface area contributed by atoms with Crippen LogP contribution in [0.1, 0.15) is 29.2 Å². The van der Waals surface area contributed by atoms with Gasteiger partial charge in [0.05, 0.1) is 0 Å². The molecule has 0 fully saturated rings. The van der Waals surface area contributed by atoms with E-state index in [-0.39, 0.29) is 11.6 Å².